The SMILES string of the molecule is COc1ccc([C@H](C)N2CC[C@@](CCCO)(c3ccccc3)OC2=O)cc1. The van der Waals surface area contributed by atoms with Crippen LogP contribution >= 0.6 is 0 Å². The average molecular weight is 369 g/mol. The highest BCUT2D eigenvalue weighted by molar-refractivity contribution is 5.70. The monoisotopic (exact) mass is 369 g/mol. The van der Waals surface area contributed by atoms with Crippen LogP contribution in [-0.4, -0.2) is 36.4 Å². The number of hydrogen-bond donors (Lipinski definition) is 1. The fourth-order valence-corrected chi connectivity index (χ4v) is 3.71. The molecule has 5 nitrogen and oxygen atoms in total. The number of amides is 1. The molecular weight excluding hydrogens is 342 g/mol. The molecule has 1 aliphatic heterocycles. The van der Waals surface area contributed by atoms with Gasteiger partial charge in [-0.05, 0) is 43.0 Å². The summed E-state index contributed by atoms with van der Waals surface area (Å²) in [5.41, 5.74) is 1.36. The van der Waals surface area contributed by atoms with Gasteiger partial charge in [0.1, 0.15) is 11.4 Å². The van der Waals surface area contributed by atoms with Crippen LogP contribution in [0.25, 0.3) is 0 Å². The molecule has 1 N–H and O–H groups in total. The van der Waals surface area contributed by atoms with Crippen molar-refractivity contribution in [2.24, 2.45) is 0 Å². The highest BCUT2D eigenvalue weighted by Crippen LogP contribution is 2.40. The first-order valence-electron chi connectivity index (χ1n) is 9.39. The molecule has 144 valence electrons. The Bertz CT molecular complexity index is 747. The Morgan fingerprint density at radius 2 is 1.89 bits per heavy atom. The number of nitrogens with zero attached hydrogens (tertiary/aromatic N) is 1. The molecular formula is C22H27NO4. The van der Waals surface area contributed by atoms with Crippen molar-refractivity contribution in [3.05, 3.63) is 65.7 Å². The fraction of sp³-hybridized carbons (Fsp3) is 0.409. The molecule has 5 heteroatoms. The number of carbonyl (C=O) groups excluding carboxylic acids is 1. The van der Waals surface area contributed by atoms with E-state index < -0.39 is 5.60 Å². The lowest BCUT2D eigenvalue weighted by molar-refractivity contribution is -0.0680. The molecule has 2 atom stereocenters. The molecule has 1 aliphatic rings. The van der Waals surface area contributed by atoms with Crippen LogP contribution in [-0.2, 0) is 10.3 Å². The molecule has 1 amide bonds. The Morgan fingerprint density at radius 1 is 1.19 bits per heavy atom. The molecule has 1 saturated heterocycles. The molecule has 3 rings (SSSR count). The van der Waals surface area contributed by atoms with Gasteiger partial charge in [-0.15, -0.1) is 0 Å². The van der Waals surface area contributed by atoms with Gasteiger partial charge in [0.2, 0.25) is 0 Å². The second kappa shape index (κ2) is 8.44. The van der Waals surface area contributed by atoms with Crippen molar-refractivity contribution in [3.8, 4) is 5.75 Å². The van der Waals surface area contributed by atoms with Gasteiger partial charge in [0, 0.05) is 19.6 Å². The molecule has 0 aromatic heterocycles. The third-order valence-corrected chi connectivity index (χ3v) is 5.38. The summed E-state index contributed by atoms with van der Waals surface area (Å²) in [7, 11) is 1.63. The lowest BCUT2D eigenvalue weighted by Crippen LogP contribution is -2.48. The lowest BCUT2D eigenvalue weighted by Gasteiger charge is -2.43. The van der Waals surface area contributed by atoms with E-state index in [2.05, 4.69) is 0 Å². The number of rotatable bonds is 7. The van der Waals surface area contributed by atoms with Crippen LogP contribution in [0, 0.1) is 0 Å². The minimum atomic E-state index is -0.669. The Kier molecular flexibility index (Phi) is 6.01. The summed E-state index contributed by atoms with van der Waals surface area (Å²) in [6.07, 6.45) is 1.59. The van der Waals surface area contributed by atoms with Gasteiger partial charge in [0.05, 0.1) is 13.2 Å². The first-order chi connectivity index (χ1) is 13.1. The van der Waals surface area contributed by atoms with Gasteiger partial charge in [0.15, 0.2) is 0 Å². The summed E-state index contributed by atoms with van der Waals surface area (Å²) in [5, 5.41) is 9.29. The van der Waals surface area contributed by atoms with E-state index >= 15 is 0 Å². The third-order valence-electron chi connectivity index (χ3n) is 5.38. The van der Waals surface area contributed by atoms with Gasteiger partial charge in [-0.2, -0.15) is 0 Å². The topological polar surface area (TPSA) is 59.0 Å². The molecule has 27 heavy (non-hydrogen) atoms. The van der Waals surface area contributed by atoms with Crippen molar-refractivity contribution in [1.82, 2.24) is 4.90 Å². The maximum Gasteiger partial charge on any atom is 0.411 e. The molecule has 0 spiro atoms. The van der Waals surface area contributed by atoms with Crippen LogP contribution in [0.3, 0.4) is 0 Å². The number of aliphatic hydroxyl groups excluding tert-OH is 1. The molecule has 1 fully saturated rings. The summed E-state index contributed by atoms with van der Waals surface area (Å²) >= 11 is 0. The van der Waals surface area contributed by atoms with Crippen LogP contribution in [0.4, 0.5) is 4.79 Å². The smallest absolute Gasteiger partial charge is 0.411 e. The average Bonchev–Trinajstić information content (AvgIpc) is 2.72. The maximum absolute atomic E-state index is 12.9. The summed E-state index contributed by atoms with van der Waals surface area (Å²) in [6, 6.07) is 17.5. The van der Waals surface area contributed by atoms with Crippen molar-refractivity contribution in [1.29, 1.82) is 0 Å². The summed E-state index contributed by atoms with van der Waals surface area (Å²) in [5.74, 6) is 0.791. The standard InChI is InChI=1S/C22H27NO4/c1-17(18-9-11-20(26-2)12-10-18)23-15-14-22(13-6-16-24,27-21(23)25)19-7-4-3-5-8-19/h3-5,7-12,17,24H,6,13-16H2,1-2H3/t17-,22-/m0/s1. The molecule has 0 saturated carbocycles. The molecule has 2 aromatic carbocycles. The third kappa shape index (κ3) is 4.08. The highest BCUT2D eigenvalue weighted by atomic mass is 16.6. The largest absolute Gasteiger partial charge is 0.497 e. The summed E-state index contributed by atoms with van der Waals surface area (Å²) in [6.45, 7) is 2.69. The van der Waals surface area contributed by atoms with Crippen LogP contribution in [0.2, 0.25) is 0 Å². The first-order valence-corrected chi connectivity index (χ1v) is 9.39. The second-order valence-electron chi connectivity index (χ2n) is 6.95. The van der Waals surface area contributed by atoms with E-state index in [1.54, 1.807) is 12.0 Å². The van der Waals surface area contributed by atoms with Crippen LogP contribution in [0.1, 0.15) is 43.4 Å². The highest BCUT2D eigenvalue weighted by Gasteiger charge is 2.43. The summed E-state index contributed by atoms with van der Waals surface area (Å²) < 4.78 is 11.2. The Labute approximate surface area is 160 Å². The number of cyclic esters (lactones) is 1. The normalized spacial score (nSPS) is 20.9. The van der Waals surface area contributed by atoms with Gasteiger partial charge < -0.3 is 19.5 Å². The van der Waals surface area contributed by atoms with E-state index in [1.807, 2.05) is 61.5 Å². The molecule has 0 unspecified atom stereocenters. The van der Waals surface area contributed by atoms with E-state index in [0.29, 0.717) is 25.8 Å². The quantitative estimate of drug-likeness (QED) is 0.792. The van der Waals surface area contributed by atoms with Gasteiger partial charge >= 0.3 is 6.09 Å². The molecule has 0 bridgehead atoms. The van der Waals surface area contributed by atoms with Gasteiger partial charge in [-0.25, -0.2) is 4.79 Å². The van der Waals surface area contributed by atoms with E-state index in [4.69, 9.17) is 9.47 Å². The minimum absolute atomic E-state index is 0.0814. The Morgan fingerprint density at radius 3 is 2.48 bits per heavy atom. The van der Waals surface area contributed by atoms with E-state index in [1.165, 1.54) is 0 Å². The maximum atomic E-state index is 12.9. The second-order valence-corrected chi connectivity index (χ2v) is 6.95. The van der Waals surface area contributed by atoms with Crippen molar-refractivity contribution in [2.45, 2.75) is 37.8 Å². The molecule has 1 heterocycles. The van der Waals surface area contributed by atoms with Crippen molar-refractivity contribution >= 4 is 6.09 Å². The number of benzene rings is 2. The van der Waals surface area contributed by atoms with E-state index in [-0.39, 0.29) is 18.7 Å². The zero-order valence-electron chi connectivity index (χ0n) is 15.9. The van der Waals surface area contributed by atoms with Crippen molar-refractivity contribution < 1.29 is 19.4 Å². The Hall–Kier alpha value is -2.53. The predicted molar refractivity (Wildman–Crippen MR) is 104 cm³/mol. The minimum Gasteiger partial charge on any atom is -0.497 e. The number of methoxy groups -OCH3 is 1. The van der Waals surface area contributed by atoms with Crippen LogP contribution in [0.15, 0.2) is 54.6 Å². The Balaban J connectivity index is 1.78. The van der Waals surface area contributed by atoms with Gasteiger partial charge in [0.25, 0.3) is 0 Å². The number of hydrogen-bond acceptors (Lipinski definition) is 4. The van der Waals surface area contributed by atoms with Crippen LogP contribution < -0.4 is 4.74 Å². The van der Waals surface area contributed by atoms with Crippen LogP contribution in [0.5, 0.6) is 5.75 Å². The molecule has 0 aliphatic carbocycles. The predicted octanol–water partition coefficient (Wildman–Crippen LogP) is 4.27. The lowest BCUT2D eigenvalue weighted by atomic mass is 9.84. The van der Waals surface area contributed by atoms with Crippen molar-refractivity contribution in [2.75, 3.05) is 20.3 Å². The summed E-state index contributed by atoms with van der Waals surface area (Å²) in [4.78, 5) is 14.7. The fourth-order valence-electron chi connectivity index (χ4n) is 3.71. The zero-order chi connectivity index (χ0) is 19.3. The number of carbonyl (C=O) groups is 1. The van der Waals surface area contributed by atoms with Crippen molar-refractivity contribution in [3.63, 3.8) is 0 Å². The number of aliphatic hydroxyl groups is 1. The van der Waals surface area contributed by atoms with E-state index in [0.717, 1.165) is 16.9 Å². The van der Waals surface area contributed by atoms with Gasteiger partial charge in [-0.1, -0.05) is 42.5 Å². The van der Waals surface area contributed by atoms with Gasteiger partial charge in [-0.3, -0.25) is 0 Å². The number of ether oxygens (including phenoxy) is 2. The molecule has 2 aromatic rings. The van der Waals surface area contributed by atoms with E-state index in [9.17, 15) is 9.90 Å². The molecule has 0 radical (unpaired) electrons. The zero-order valence-corrected chi connectivity index (χ0v) is 15.9. The first kappa shape index (κ1) is 19.2.